The highest BCUT2D eigenvalue weighted by atomic mass is 35.5. The first-order valence-corrected chi connectivity index (χ1v) is 7.11. The van der Waals surface area contributed by atoms with E-state index in [9.17, 15) is 9.59 Å². The number of hydrogen-bond acceptors (Lipinski definition) is 5. The Kier molecular flexibility index (Phi) is 6.05. The zero-order valence-electron chi connectivity index (χ0n) is 13.1. The van der Waals surface area contributed by atoms with E-state index in [2.05, 4.69) is 5.32 Å². The van der Waals surface area contributed by atoms with E-state index >= 15 is 0 Å². The van der Waals surface area contributed by atoms with Crippen molar-refractivity contribution >= 4 is 29.4 Å². The van der Waals surface area contributed by atoms with E-state index < -0.39 is 23.7 Å². The van der Waals surface area contributed by atoms with E-state index in [0.717, 1.165) is 0 Å². The van der Waals surface area contributed by atoms with Crippen molar-refractivity contribution in [2.24, 2.45) is 0 Å². The molecule has 0 bridgehead atoms. The first kappa shape index (κ1) is 18.1. The molecule has 0 radical (unpaired) electrons. The maximum atomic E-state index is 11.8. The Morgan fingerprint density at radius 3 is 2.55 bits per heavy atom. The number of nitrogens with one attached hydrogen (secondary N) is 1. The molecule has 7 heteroatoms. The number of halogens is 1. The number of hydrogen-bond donors (Lipinski definition) is 2. The largest absolute Gasteiger partial charge is 0.467 e. The average Bonchev–Trinajstić information content (AvgIpc) is 2.39. The van der Waals surface area contributed by atoms with Crippen molar-refractivity contribution in [3.63, 3.8) is 0 Å². The van der Waals surface area contributed by atoms with Gasteiger partial charge in [-0.25, -0.2) is 9.59 Å². The molecule has 1 rings (SSSR count). The van der Waals surface area contributed by atoms with E-state index in [-0.39, 0.29) is 6.42 Å². The average molecular weight is 329 g/mol. The Labute approximate surface area is 134 Å². The molecule has 0 heterocycles. The standard InChI is InChI=1S/C15H21ClN2O4/c1-15(2,3)22-14(20)18-12(13(19)21-4)8-9-7-10(16)5-6-11(9)17/h5-7,12H,8,17H2,1-4H3,(H,18,20)/t12-/m1/s1. The summed E-state index contributed by atoms with van der Waals surface area (Å²) in [5.74, 6) is -0.592. The van der Waals surface area contributed by atoms with Crippen LogP contribution in [-0.4, -0.2) is 30.8 Å². The fourth-order valence-corrected chi connectivity index (χ4v) is 1.95. The summed E-state index contributed by atoms with van der Waals surface area (Å²) in [5.41, 5.74) is 6.30. The van der Waals surface area contributed by atoms with Crippen LogP contribution in [0.2, 0.25) is 5.02 Å². The van der Waals surface area contributed by atoms with Crippen molar-refractivity contribution in [2.45, 2.75) is 38.8 Å². The molecule has 1 amide bonds. The minimum Gasteiger partial charge on any atom is -0.467 e. The van der Waals surface area contributed by atoms with Gasteiger partial charge >= 0.3 is 12.1 Å². The highest BCUT2D eigenvalue weighted by molar-refractivity contribution is 6.30. The minimum absolute atomic E-state index is 0.151. The number of rotatable bonds is 4. The Bertz CT molecular complexity index is 555. The molecule has 1 aromatic rings. The number of benzene rings is 1. The summed E-state index contributed by atoms with van der Waals surface area (Å²) in [4.78, 5) is 23.7. The van der Waals surface area contributed by atoms with Crippen LogP contribution in [0.5, 0.6) is 0 Å². The molecule has 122 valence electrons. The molecule has 0 aliphatic rings. The Morgan fingerprint density at radius 2 is 2.00 bits per heavy atom. The van der Waals surface area contributed by atoms with Crippen LogP contribution < -0.4 is 11.1 Å². The lowest BCUT2D eigenvalue weighted by Crippen LogP contribution is -2.45. The molecule has 0 aliphatic heterocycles. The topological polar surface area (TPSA) is 90.6 Å². The molecule has 3 N–H and O–H groups in total. The van der Waals surface area contributed by atoms with Gasteiger partial charge in [0.15, 0.2) is 0 Å². The molecule has 0 fully saturated rings. The zero-order valence-corrected chi connectivity index (χ0v) is 13.9. The number of nitrogens with two attached hydrogens (primary N) is 1. The van der Waals surface area contributed by atoms with Crippen molar-refractivity contribution in [3.8, 4) is 0 Å². The summed E-state index contributed by atoms with van der Waals surface area (Å²) in [5, 5.41) is 2.98. The van der Waals surface area contributed by atoms with Crippen LogP contribution in [0.4, 0.5) is 10.5 Å². The molecule has 0 aromatic heterocycles. The molecular formula is C15H21ClN2O4. The molecule has 1 atom stereocenters. The van der Waals surface area contributed by atoms with E-state index in [0.29, 0.717) is 16.3 Å². The number of alkyl carbamates (subject to hydrolysis) is 1. The molecule has 0 saturated heterocycles. The SMILES string of the molecule is COC(=O)[C@@H](Cc1cc(Cl)ccc1N)NC(=O)OC(C)(C)C. The van der Waals surface area contributed by atoms with Gasteiger partial charge in [-0.2, -0.15) is 0 Å². The lowest BCUT2D eigenvalue weighted by Gasteiger charge is -2.23. The number of methoxy groups -OCH3 is 1. The second-order valence-corrected chi connectivity index (χ2v) is 6.21. The van der Waals surface area contributed by atoms with E-state index in [1.54, 1.807) is 39.0 Å². The van der Waals surface area contributed by atoms with Gasteiger partial charge < -0.3 is 20.5 Å². The predicted octanol–water partition coefficient (Wildman–Crippen LogP) is 2.53. The highest BCUT2D eigenvalue weighted by Crippen LogP contribution is 2.20. The molecule has 0 aliphatic carbocycles. The van der Waals surface area contributed by atoms with Gasteiger partial charge in [0.2, 0.25) is 0 Å². The van der Waals surface area contributed by atoms with E-state index in [4.69, 9.17) is 26.8 Å². The number of carbonyl (C=O) groups excluding carboxylic acids is 2. The van der Waals surface area contributed by atoms with Gasteiger partial charge in [0, 0.05) is 17.1 Å². The van der Waals surface area contributed by atoms with E-state index in [1.165, 1.54) is 7.11 Å². The summed E-state index contributed by atoms with van der Waals surface area (Å²) in [6.45, 7) is 5.19. The number of anilines is 1. The van der Waals surface area contributed by atoms with Crippen LogP contribution in [0.15, 0.2) is 18.2 Å². The van der Waals surface area contributed by atoms with Crippen LogP contribution in [0.25, 0.3) is 0 Å². The summed E-state index contributed by atoms with van der Waals surface area (Å²) in [7, 11) is 1.24. The van der Waals surface area contributed by atoms with Gasteiger partial charge in [-0.3, -0.25) is 0 Å². The van der Waals surface area contributed by atoms with Crippen molar-refractivity contribution in [1.82, 2.24) is 5.32 Å². The van der Waals surface area contributed by atoms with Gasteiger partial charge in [0.1, 0.15) is 11.6 Å². The minimum atomic E-state index is -0.916. The van der Waals surface area contributed by atoms with Crippen molar-refractivity contribution in [2.75, 3.05) is 12.8 Å². The monoisotopic (exact) mass is 328 g/mol. The number of amides is 1. The molecule has 0 spiro atoms. The first-order valence-electron chi connectivity index (χ1n) is 6.73. The number of carbonyl (C=O) groups is 2. The molecule has 0 saturated carbocycles. The summed E-state index contributed by atoms with van der Waals surface area (Å²) >= 11 is 5.92. The maximum Gasteiger partial charge on any atom is 0.408 e. The molecular weight excluding hydrogens is 308 g/mol. The molecule has 22 heavy (non-hydrogen) atoms. The third-order valence-electron chi connectivity index (χ3n) is 2.71. The van der Waals surface area contributed by atoms with Gasteiger partial charge in [0.05, 0.1) is 7.11 Å². The van der Waals surface area contributed by atoms with E-state index in [1.807, 2.05) is 0 Å². The number of esters is 1. The summed E-state index contributed by atoms with van der Waals surface area (Å²) < 4.78 is 9.84. The first-order chi connectivity index (χ1) is 10.1. The Hall–Kier alpha value is -1.95. The van der Waals surface area contributed by atoms with Gasteiger partial charge in [-0.1, -0.05) is 11.6 Å². The van der Waals surface area contributed by atoms with Gasteiger partial charge in [-0.05, 0) is 44.5 Å². The lowest BCUT2D eigenvalue weighted by atomic mass is 10.0. The second-order valence-electron chi connectivity index (χ2n) is 5.77. The Morgan fingerprint density at radius 1 is 1.36 bits per heavy atom. The van der Waals surface area contributed by atoms with Gasteiger partial charge in [-0.15, -0.1) is 0 Å². The zero-order chi connectivity index (χ0) is 16.9. The van der Waals surface area contributed by atoms with Crippen LogP contribution in [0.1, 0.15) is 26.3 Å². The summed E-state index contributed by atoms with van der Waals surface area (Å²) in [6.07, 6.45) is -0.554. The van der Waals surface area contributed by atoms with Crippen LogP contribution in [0, 0.1) is 0 Å². The van der Waals surface area contributed by atoms with Gasteiger partial charge in [0.25, 0.3) is 0 Å². The molecule has 6 nitrogen and oxygen atoms in total. The van der Waals surface area contributed by atoms with Crippen molar-refractivity contribution < 1.29 is 19.1 Å². The fourth-order valence-electron chi connectivity index (χ4n) is 1.76. The van der Waals surface area contributed by atoms with Crippen molar-refractivity contribution in [3.05, 3.63) is 28.8 Å². The Balaban J connectivity index is 2.87. The quantitative estimate of drug-likeness (QED) is 0.654. The number of ether oxygens (including phenoxy) is 2. The van der Waals surface area contributed by atoms with Crippen LogP contribution >= 0.6 is 11.6 Å². The highest BCUT2D eigenvalue weighted by Gasteiger charge is 2.26. The molecule has 1 aromatic carbocycles. The van der Waals surface area contributed by atoms with Crippen LogP contribution in [-0.2, 0) is 20.7 Å². The second kappa shape index (κ2) is 7.35. The number of nitrogen functional groups attached to an aromatic ring is 1. The fraction of sp³-hybridized carbons (Fsp3) is 0.467. The molecule has 0 unspecified atom stereocenters. The maximum absolute atomic E-state index is 11.8. The van der Waals surface area contributed by atoms with Crippen molar-refractivity contribution in [1.29, 1.82) is 0 Å². The third-order valence-corrected chi connectivity index (χ3v) is 2.94. The third kappa shape index (κ3) is 5.81. The summed E-state index contributed by atoms with van der Waals surface area (Å²) in [6, 6.07) is 4.01. The lowest BCUT2D eigenvalue weighted by molar-refractivity contribution is -0.143. The smallest absolute Gasteiger partial charge is 0.408 e. The predicted molar refractivity (Wildman–Crippen MR) is 84.7 cm³/mol. The normalized spacial score (nSPS) is 12.4. The van der Waals surface area contributed by atoms with Crippen LogP contribution in [0.3, 0.4) is 0 Å².